The van der Waals surface area contributed by atoms with E-state index in [-0.39, 0.29) is 41.4 Å². The Hall–Kier alpha value is -1.97. The molecule has 9 heteroatoms. The molecule has 8 nitrogen and oxygen atoms in total. The van der Waals surface area contributed by atoms with Crippen LogP contribution in [0.25, 0.3) is 0 Å². The Bertz CT molecular complexity index is 779. The molecule has 2 fully saturated rings. The Morgan fingerprint density at radius 3 is 2.19 bits per heavy atom. The quantitative estimate of drug-likeness (QED) is 0.770. The first kappa shape index (κ1) is 19.8. The number of benzene rings is 1. The Morgan fingerprint density at radius 1 is 1.04 bits per heavy atom. The Balaban J connectivity index is 1.57. The molecule has 0 saturated carbocycles. The van der Waals surface area contributed by atoms with E-state index in [2.05, 4.69) is 5.32 Å². The van der Waals surface area contributed by atoms with Crippen LogP contribution in [-0.2, 0) is 19.6 Å². The molecule has 2 aliphatic heterocycles. The number of nitrogens with one attached hydrogen (secondary N) is 1. The zero-order valence-electron chi connectivity index (χ0n) is 15.0. The molecule has 2 saturated heterocycles. The van der Waals surface area contributed by atoms with Crippen LogP contribution in [0.1, 0.15) is 36.0 Å². The number of hydrogen-bond acceptors (Lipinski definition) is 5. The van der Waals surface area contributed by atoms with Crippen LogP contribution >= 0.6 is 0 Å². The first-order chi connectivity index (χ1) is 12.9. The van der Waals surface area contributed by atoms with Crippen LogP contribution in [0.2, 0.25) is 0 Å². The highest BCUT2D eigenvalue weighted by Crippen LogP contribution is 2.24. The van der Waals surface area contributed by atoms with Crippen molar-refractivity contribution < 1.29 is 27.9 Å². The van der Waals surface area contributed by atoms with Gasteiger partial charge in [0.05, 0.1) is 10.5 Å². The highest BCUT2D eigenvalue weighted by molar-refractivity contribution is 7.89. The number of carbonyl (C=O) groups excluding carboxylic acids is 1. The van der Waals surface area contributed by atoms with Gasteiger partial charge in [-0.2, -0.15) is 4.31 Å². The molecular weight excluding hydrogens is 372 g/mol. The van der Waals surface area contributed by atoms with Crippen molar-refractivity contribution in [1.29, 1.82) is 0 Å². The summed E-state index contributed by atoms with van der Waals surface area (Å²) in [4.78, 5) is 23.4. The molecule has 2 heterocycles. The van der Waals surface area contributed by atoms with Crippen LogP contribution in [0.3, 0.4) is 0 Å². The van der Waals surface area contributed by atoms with Gasteiger partial charge in [0, 0.05) is 38.3 Å². The second kappa shape index (κ2) is 8.37. The van der Waals surface area contributed by atoms with Crippen LogP contribution in [0, 0.1) is 5.92 Å². The number of piperidine rings is 1. The van der Waals surface area contributed by atoms with Crippen molar-refractivity contribution in [3.8, 4) is 0 Å². The molecule has 27 heavy (non-hydrogen) atoms. The van der Waals surface area contributed by atoms with Gasteiger partial charge in [0.2, 0.25) is 15.9 Å². The smallest absolute Gasteiger partial charge is 0.335 e. The summed E-state index contributed by atoms with van der Waals surface area (Å²) in [7, 11) is -3.69. The number of hydrogen-bond donors (Lipinski definition) is 2. The number of ether oxygens (including phenoxy) is 1. The third-order valence-electron chi connectivity index (χ3n) is 5.13. The zero-order chi connectivity index (χ0) is 19.4. The Kier molecular flexibility index (Phi) is 6.13. The molecule has 0 bridgehead atoms. The lowest BCUT2D eigenvalue weighted by Crippen LogP contribution is -2.46. The van der Waals surface area contributed by atoms with Gasteiger partial charge in [-0.1, -0.05) is 0 Å². The van der Waals surface area contributed by atoms with Gasteiger partial charge in [-0.15, -0.1) is 0 Å². The van der Waals surface area contributed by atoms with E-state index in [0.717, 1.165) is 12.8 Å². The molecule has 1 aromatic carbocycles. The molecule has 0 radical (unpaired) electrons. The fourth-order valence-corrected chi connectivity index (χ4v) is 4.91. The summed E-state index contributed by atoms with van der Waals surface area (Å²) in [6.45, 7) is 1.86. The van der Waals surface area contributed by atoms with E-state index in [9.17, 15) is 18.0 Å². The van der Waals surface area contributed by atoms with Crippen LogP contribution in [-0.4, -0.2) is 62.1 Å². The zero-order valence-corrected chi connectivity index (χ0v) is 15.8. The predicted molar refractivity (Wildman–Crippen MR) is 96.9 cm³/mol. The lowest BCUT2D eigenvalue weighted by Gasteiger charge is -2.32. The van der Waals surface area contributed by atoms with Gasteiger partial charge in [0.25, 0.3) is 0 Å². The average molecular weight is 396 g/mol. The van der Waals surface area contributed by atoms with Gasteiger partial charge in [0.1, 0.15) is 0 Å². The SMILES string of the molecule is O=C(O)c1ccc(S(=O)(=O)N2CCC(C(=O)NC3CCOCC3)CC2)cc1. The highest BCUT2D eigenvalue weighted by Gasteiger charge is 2.33. The lowest BCUT2D eigenvalue weighted by atomic mass is 9.96. The molecule has 0 unspecified atom stereocenters. The van der Waals surface area contributed by atoms with E-state index >= 15 is 0 Å². The van der Waals surface area contributed by atoms with E-state index in [1.807, 2.05) is 0 Å². The number of amides is 1. The maximum absolute atomic E-state index is 12.7. The molecule has 2 aliphatic rings. The van der Waals surface area contributed by atoms with Crippen molar-refractivity contribution in [2.45, 2.75) is 36.6 Å². The van der Waals surface area contributed by atoms with E-state index in [4.69, 9.17) is 9.84 Å². The number of carboxylic acid groups (broad SMARTS) is 1. The number of rotatable bonds is 5. The molecule has 148 valence electrons. The van der Waals surface area contributed by atoms with Gasteiger partial charge in [0.15, 0.2) is 0 Å². The topological polar surface area (TPSA) is 113 Å². The van der Waals surface area contributed by atoms with Crippen molar-refractivity contribution in [2.75, 3.05) is 26.3 Å². The molecule has 0 aromatic heterocycles. The van der Waals surface area contributed by atoms with Gasteiger partial charge < -0.3 is 15.2 Å². The van der Waals surface area contributed by atoms with Gasteiger partial charge in [-0.05, 0) is 49.9 Å². The first-order valence-corrected chi connectivity index (χ1v) is 10.5. The predicted octanol–water partition coefficient (Wildman–Crippen LogP) is 1.08. The van der Waals surface area contributed by atoms with Crippen LogP contribution in [0.15, 0.2) is 29.2 Å². The summed E-state index contributed by atoms with van der Waals surface area (Å²) < 4.78 is 32.1. The molecule has 0 atom stereocenters. The van der Waals surface area contributed by atoms with E-state index in [1.165, 1.54) is 28.6 Å². The lowest BCUT2D eigenvalue weighted by molar-refractivity contribution is -0.127. The van der Waals surface area contributed by atoms with Gasteiger partial charge in [-0.3, -0.25) is 4.79 Å². The minimum absolute atomic E-state index is 0.00948. The van der Waals surface area contributed by atoms with Crippen LogP contribution in [0.4, 0.5) is 0 Å². The second-order valence-electron chi connectivity index (χ2n) is 6.90. The van der Waals surface area contributed by atoms with E-state index in [1.54, 1.807) is 0 Å². The molecule has 1 aromatic rings. The van der Waals surface area contributed by atoms with Gasteiger partial charge in [-0.25, -0.2) is 13.2 Å². The van der Waals surface area contributed by atoms with Crippen LogP contribution in [0.5, 0.6) is 0 Å². The minimum atomic E-state index is -3.69. The maximum atomic E-state index is 12.7. The highest BCUT2D eigenvalue weighted by atomic mass is 32.2. The summed E-state index contributed by atoms with van der Waals surface area (Å²) in [6.07, 6.45) is 2.57. The molecule has 0 spiro atoms. The standard InChI is InChI=1S/C18H24N2O6S/c21-17(19-15-7-11-26-12-8-15)13-5-9-20(10-6-13)27(24,25)16-3-1-14(2-4-16)18(22)23/h1-4,13,15H,5-12H2,(H,19,21)(H,22,23). The third kappa shape index (κ3) is 4.66. The normalized spacial score (nSPS) is 20.3. The number of sulfonamides is 1. The number of aromatic carboxylic acids is 1. The summed E-state index contributed by atoms with van der Waals surface area (Å²) in [5, 5.41) is 12.0. The Morgan fingerprint density at radius 2 is 1.63 bits per heavy atom. The van der Waals surface area contributed by atoms with E-state index < -0.39 is 16.0 Å². The fourth-order valence-electron chi connectivity index (χ4n) is 3.44. The summed E-state index contributed by atoms with van der Waals surface area (Å²) in [5.41, 5.74) is 0.0393. The average Bonchev–Trinajstić information content (AvgIpc) is 2.69. The molecule has 0 aliphatic carbocycles. The van der Waals surface area contributed by atoms with Crippen LogP contribution < -0.4 is 5.32 Å². The monoisotopic (exact) mass is 396 g/mol. The number of carboxylic acids is 1. The summed E-state index contributed by atoms with van der Waals surface area (Å²) in [5.74, 6) is -1.30. The Labute approximate surface area is 158 Å². The largest absolute Gasteiger partial charge is 0.478 e. The molecule has 3 rings (SSSR count). The maximum Gasteiger partial charge on any atom is 0.335 e. The summed E-state index contributed by atoms with van der Waals surface area (Å²) >= 11 is 0. The minimum Gasteiger partial charge on any atom is -0.478 e. The van der Waals surface area contributed by atoms with Crippen molar-refractivity contribution in [3.63, 3.8) is 0 Å². The van der Waals surface area contributed by atoms with Crippen molar-refractivity contribution in [3.05, 3.63) is 29.8 Å². The molecule has 1 amide bonds. The van der Waals surface area contributed by atoms with Crippen molar-refractivity contribution in [1.82, 2.24) is 9.62 Å². The second-order valence-corrected chi connectivity index (χ2v) is 8.84. The van der Waals surface area contributed by atoms with E-state index in [0.29, 0.717) is 26.1 Å². The number of nitrogens with zero attached hydrogens (tertiary/aromatic N) is 1. The molecular formula is C18H24N2O6S. The fraction of sp³-hybridized carbons (Fsp3) is 0.556. The van der Waals surface area contributed by atoms with Crippen molar-refractivity contribution in [2.24, 2.45) is 5.92 Å². The molecule has 2 N–H and O–H groups in total. The van der Waals surface area contributed by atoms with Gasteiger partial charge >= 0.3 is 5.97 Å². The third-order valence-corrected chi connectivity index (χ3v) is 7.04. The summed E-state index contributed by atoms with van der Waals surface area (Å²) in [6, 6.07) is 5.32. The van der Waals surface area contributed by atoms with Crippen molar-refractivity contribution >= 4 is 21.9 Å². The number of carbonyl (C=O) groups is 2. The first-order valence-electron chi connectivity index (χ1n) is 9.09.